The lowest BCUT2D eigenvalue weighted by Crippen LogP contribution is -2.11. The van der Waals surface area contributed by atoms with Crippen molar-refractivity contribution in [3.05, 3.63) is 29.5 Å². The molecule has 0 spiro atoms. The van der Waals surface area contributed by atoms with Crippen molar-refractivity contribution in [2.24, 2.45) is 0 Å². The third-order valence-corrected chi connectivity index (χ3v) is 2.84. The summed E-state index contributed by atoms with van der Waals surface area (Å²) in [6.45, 7) is 3.79. The average Bonchev–Trinajstić information content (AvgIpc) is 2.43. The van der Waals surface area contributed by atoms with Gasteiger partial charge < -0.3 is 20.5 Å². The fraction of sp³-hybridized carbons (Fsp3) is 0.286. The maximum Gasteiger partial charge on any atom is 0.242 e. The lowest BCUT2D eigenvalue weighted by molar-refractivity contribution is 0.234. The second kappa shape index (κ2) is 6.49. The predicted octanol–water partition coefficient (Wildman–Crippen LogP) is 3.25. The van der Waals surface area contributed by atoms with Crippen LogP contribution in [-0.4, -0.2) is 23.2 Å². The Morgan fingerprint density at radius 2 is 2.05 bits per heavy atom. The van der Waals surface area contributed by atoms with Gasteiger partial charge in [-0.3, -0.25) is 0 Å². The van der Waals surface area contributed by atoms with Crippen molar-refractivity contribution >= 4 is 28.8 Å². The zero-order valence-electron chi connectivity index (χ0n) is 12.1. The van der Waals surface area contributed by atoms with Crippen molar-refractivity contribution in [3.8, 4) is 11.6 Å². The fourth-order valence-electron chi connectivity index (χ4n) is 1.70. The van der Waals surface area contributed by atoms with Crippen LogP contribution in [0.25, 0.3) is 0 Å². The number of anilines is 3. The van der Waals surface area contributed by atoms with Crippen LogP contribution in [-0.2, 0) is 0 Å². The maximum absolute atomic E-state index is 6.02. The van der Waals surface area contributed by atoms with E-state index in [0.29, 0.717) is 33.8 Å². The van der Waals surface area contributed by atoms with Gasteiger partial charge in [0.2, 0.25) is 5.88 Å². The molecule has 0 saturated heterocycles. The Bertz CT molecular complexity index is 634. The summed E-state index contributed by atoms with van der Waals surface area (Å²) in [4.78, 5) is 8.15. The van der Waals surface area contributed by atoms with Gasteiger partial charge in [-0.15, -0.1) is 0 Å². The number of aromatic nitrogens is 2. The first-order valence-electron chi connectivity index (χ1n) is 6.39. The molecule has 0 aliphatic rings. The van der Waals surface area contributed by atoms with Crippen molar-refractivity contribution in [3.63, 3.8) is 0 Å². The van der Waals surface area contributed by atoms with E-state index in [1.165, 1.54) is 6.33 Å². The van der Waals surface area contributed by atoms with E-state index in [0.717, 1.165) is 0 Å². The standard InChI is InChI=1S/C14H17ClN4O2/c1-8(2)21-14-12(16)13(17-7-18-14)19-10-6-9(15)4-5-11(10)20-3/h4-8H,16H2,1-3H3,(H,17,18,19). The lowest BCUT2D eigenvalue weighted by atomic mass is 10.3. The number of rotatable bonds is 5. The van der Waals surface area contributed by atoms with E-state index in [9.17, 15) is 0 Å². The molecule has 2 rings (SSSR count). The van der Waals surface area contributed by atoms with Gasteiger partial charge in [-0.2, -0.15) is 4.98 Å². The molecule has 0 bridgehead atoms. The van der Waals surface area contributed by atoms with Crippen LogP contribution < -0.4 is 20.5 Å². The quantitative estimate of drug-likeness (QED) is 0.882. The Labute approximate surface area is 128 Å². The zero-order chi connectivity index (χ0) is 15.4. The first-order chi connectivity index (χ1) is 10.0. The number of ether oxygens (including phenoxy) is 2. The minimum atomic E-state index is -0.0317. The molecule has 1 aromatic carbocycles. The van der Waals surface area contributed by atoms with E-state index in [2.05, 4.69) is 15.3 Å². The van der Waals surface area contributed by atoms with Crippen LogP contribution in [0.2, 0.25) is 5.02 Å². The van der Waals surface area contributed by atoms with Crippen LogP contribution in [0.5, 0.6) is 11.6 Å². The zero-order valence-corrected chi connectivity index (χ0v) is 12.8. The molecule has 0 atom stereocenters. The van der Waals surface area contributed by atoms with Gasteiger partial charge >= 0.3 is 0 Å². The summed E-state index contributed by atoms with van der Waals surface area (Å²) in [5, 5.41) is 3.65. The van der Waals surface area contributed by atoms with Crippen molar-refractivity contribution in [1.82, 2.24) is 9.97 Å². The smallest absolute Gasteiger partial charge is 0.242 e. The molecular weight excluding hydrogens is 292 g/mol. The van der Waals surface area contributed by atoms with Crippen LogP contribution in [0.3, 0.4) is 0 Å². The molecule has 1 heterocycles. The second-order valence-electron chi connectivity index (χ2n) is 4.58. The molecule has 0 saturated carbocycles. The number of methoxy groups -OCH3 is 1. The van der Waals surface area contributed by atoms with Gasteiger partial charge in [0, 0.05) is 5.02 Å². The first kappa shape index (κ1) is 15.2. The van der Waals surface area contributed by atoms with E-state index in [1.807, 2.05) is 13.8 Å². The van der Waals surface area contributed by atoms with Crippen molar-refractivity contribution in [1.29, 1.82) is 0 Å². The van der Waals surface area contributed by atoms with Gasteiger partial charge in [0.15, 0.2) is 5.82 Å². The van der Waals surface area contributed by atoms with Gasteiger partial charge in [0.05, 0.1) is 18.9 Å². The normalized spacial score (nSPS) is 10.5. The molecular formula is C14H17ClN4O2. The van der Waals surface area contributed by atoms with Crippen molar-refractivity contribution in [2.75, 3.05) is 18.2 Å². The summed E-state index contributed by atoms with van der Waals surface area (Å²) in [6.07, 6.45) is 1.35. The van der Waals surface area contributed by atoms with E-state index in [4.69, 9.17) is 26.8 Å². The third-order valence-electron chi connectivity index (χ3n) is 2.61. The monoisotopic (exact) mass is 308 g/mol. The lowest BCUT2D eigenvalue weighted by Gasteiger charge is -2.15. The Morgan fingerprint density at radius 1 is 1.29 bits per heavy atom. The Hall–Kier alpha value is -2.21. The summed E-state index contributed by atoms with van der Waals surface area (Å²) in [5.74, 6) is 1.40. The third kappa shape index (κ3) is 3.66. The Morgan fingerprint density at radius 3 is 2.71 bits per heavy atom. The average molecular weight is 309 g/mol. The molecule has 0 aliphatic heterocycles. The number of hydrogen-bond acceptors (Lipinski definition) is 6. The molecule has 7 heteroatoms. The van der Waals surface area contributed by atoms with Crippen molar-refractivity contribution in [2.45, 2.75) is 20.0 Å². The molecule has 1 aromatic heterocycles. The van der Waals surface area contributed by atoms with E-state index >= 15 is 0 Å². The van der Waals surface area contributed by atoms with Gasteiger partial charge in [-0.05, 0) is 32.0 Å². The highest BCUT2D eigenvalue weighted by Crippen LogP contribution is 2.33. The van der Waals surface area contributed by atoms with E-state index in [1.54, 1.807) is 25.3 Å². The highest BCUT2D eigenvalue weighted by molar-refractivity contribution is 6.31. The van der Waals surface area contributed by atoms with Crippen molar-refractivity contribution < 1.29 is 9.47 Å². The van der Waals surface area contributed by atoms with E-state index < -0.39 is 0 Å². The summed E-state index contributed by atoms with van der Waals surface area (Å²) in [7, 11) is 1.57. The van der Waals surface area contributed by atoms with Gasteiger partial charge in [0.1, 0.15) is 17.8 Å². The topological polar surface area (TPSA) is 82.3 Å². The Kier molecular flexibility index (Phi) is 4.70. The van der Waals surface area contributed by atoms with Crippen LogP contribution in [0.4, 0.5) is 17.2 Å². The highest BCUT2D eigenvalue weighted by atomic mass is 35.5. The number of halogens is 1. The fourth-order valence-corrected chi connectivity index (χ4v) is 1.87. The number of benzene rings is 1. The number of nitrogens with one attached hydrogen (secondary N) is 1. The number of hydrogen-bond donors (Lipinski definition) is 2. The molecule has 21 heavy (non-hydrogen) atoms. The van der Waals surface area contributed by atoms with Crippen LogP contribution in [0.1, 0.15) is 13.8 Å². The van der Waals surface area contributed by atoms with E-state index in [-0.39, 0.29) is 6.10 Å². The number of nitrogens with zero attached hydrogens (tertiary/aromatic N) is 2. The minimum absolute atomic E-state index is 0.0317. The molecule has 112 valence electrons. The summed E-state index contributed by atoms with van der Waals surface area (Å²) in [5.41, 5.74) is 7.01. The first-order valence-corrected chi connectivity index (χ1v) is 6.76. The predicted molar refractivity (Wildman–Crippen MR) is 83.5 cm³/mol. The largest absolute Gasteiger partial charge is 0.495 e. The number of nitrogen functional groups attached to an aromatic ring is 1. The second-order valence-corrected chi connectivity index (χ2v) is 5.01. The summed E-state index contributed by atoms with van der Waals surface area (Å²) >= 11 is 6.00. The Balaban J connectivity index is 2.34. The summed E-state index contributed by atoms with van der Waals surface area (Å²) in [6, 6.07) is 5.22. The van der Waals surface area contributed by atoms with Gasteiger partial charge in [-0.1, -0.05) is 11.6 Å². The molecule has 0 unspecified atom stereocenters. The summed E-state index contributed by atoms with van der Waals surface area (Å²) < 4.78 is 10.8. The van der Waals surface area contributed by atoms with Crippen LogP contribution >= 0.6 is 11.6 Å². The number of nitrogens with two attached hydrogens (primary N) is 1. The molecule has 0 fully saturated rings. The van der Waals surface area contributed by atoms with Crippen LogP contribution in [0.15, 0.2) is 24.5 Å². The molecule has 0 aliphatic carbocycles. The van der Waals surface area contributed by atoms with Gasteiger partial charge in [-0.25, -0.2) is 4.98 Å². The minimum Gasteiger partial charge on any atom is -0.495 e. The molecule has 0 radical (unpaired) electrons. The SMILES string of the molecule is COc1ccc(Cl)cc1Nc1ncnc(OC(C)C)c1N. The molecule has 2 aromatic rings. The highest BCUT2D eigenvalue weighted by Gasteiger charge is 2.13. The molecule has 6 nitrogen and oxygen atoms in total. The van der Waals surface area contributed by atoms with Crippen LogP contribution in [0, 0.1) is 0 Å². The molecule has 0 amide bonds. The van der Waals surface area contributed by atoms with Gasteiger partial charge in [0.25, 0.3) is 0 Å². The maximum atomic E-state index is 6.02. The molecule has 3 N–H and O–H groups in total.